The van der Waals surface area contributed by atoms with Crippen molar-refractivity contribution in [1.29, 1.82) is 5.26 Å². The van der Waals surface area contributed by atoms with Gasteiger partial charge < -0.3 is 9.32 Å². The molecule has 148 valence electrons. The molecule has 1 unspecified atom stereocenters. The van der Waals surface area contributed by atoms with E-state index in [0.29, 0.717) is 23.6 Å². The molecule has 0 N–H and O–H groups in total. The van der Waals surface area contributed by atoms with Crippen molar-refractivity contribution >= 4 is 23.4 Å². The highest BCUT2D eigenvalue weighted by atomic mass is 32.2. The number of rotatable bonds is 7. The summed E-state index contributed by atoms with van der Waals surface area (Å²) in [6.07, 6.45) is 6.15. The van der Waals surface area contributed by atoms with Crippen LogP contribution in [0.25, 0.3) is 0 Å². The smallest absolute Gasteiger partial charge is 0.277 e. The summed E-state index contributed by atoms with van der Waals surface area (Å²) in [5, 5.41) is 17.4. The highest BCUT2D eigenvalue weighted by Gasteiger charge is 2.26. The Hall–Kier alpha value is -2.33. The van der Waals surface area contributed by atoms with E-state index in [1.165, 1.54) is 31.0 Å². The van der Waals surface area contributed by atoms with Crippen LogP contribution in [0.15, 0.2) is 33.9 Å². The predicted octanol–water partition coefficient (Wildman–Crippen LogP) is 4.85. The van der Waals surface area contributed by atoms with Crippen LogP contribution in [-0.2, 0) is 4.79 Å². The number of hydrogen-bond acceptors (Lipinski definition) is 6. The van der Waals surface area contributed by atoms with Crippen molar-refractivity contribution in [3.8, 4) is 6.07 Å². The van der Waals surface area contributed by atoms with Gasteiger partial charge in [-0.3, -0.25) is 4.79 Å². The molecule has 1 amide bonds. The molecule has 2 aromatic rings. The van der Waals surface area contributed by atoms with Gasteiger partial charge in [0.2, 0.25) is 11.8 Å². The van der Waals surface area contributed by atoms with Gasteiger partial charge in [0, 0.05) is 18.2 Å². The number of carbonyl (C=O) groups is 1. The molecule has 3 rings (SSSR count). The number of anilines is 1. The molecule has 1 fully saturated rings. The molecule has 0 bridgehead atoms. The van der Waals surface area contributed by atoms with Crippen molar-refractivity contribution in [2.75, 3.05) is 11.4 Å². The van der Waals surface area contributed by atoms with Crippen LogP contribution >= 0.6 is 11.8 Å². The Kier molecular flexibility index (Phi) is 7.10. The summed E-state index contributed by atoms with van der Waals surface area (Å²) < 4.78 is 5.84. The first-order valence-electron chi connectivity index (χ1n) is 9.83. The van der Waals surface area contributed by atoms with Crippen LogP contribution in [-0.4, -0.2) is 27.9 Å². The minimum absolute atomic E-state index is 0.0680. The quantitative estimate of drug-likeness (QED) is 0.620. The average molecular weight is 399 g/mol. The van der Waals surface area contributed by atoms with Gasteiger partial charge in [-0.25, -0.2) is 0 Å². The van der Waals surface area contributed by atoms with E-state index < -0.39 is 0 Å². The third-order valence-electron chi connectivity index (χ3n) is 5.06. The summed E-state index contributed by atoms with van der Waals surface area (Å²) in [6, 6.07) is 9.88. The van der Waals surface area contributed by atoms with Crippen LogP contribution in [0.3, 0.4) is 0 Å². The third kappa shape index (κ3) is 5.14. The van der Waals surface area contributed by atoms with Gasteiger partial charge in [0.25, 0.3) is 5.22 Å². The van der Waals surface area contributed by atoms with E-state index in [9.17, 15) is 4.79 Å². The zero-order valence-corrected chi connectivity index (χ0v) is 17.2. The number of thioether (sulfide) groups is 1. The molecule has 1 saturated carbocycles. The first-order chi connectivity index (χ1) is 13.6. The SMILES string of the molecule is Cc1ccc(N(CCC#N)C(=O)C(C)Sc2nnc(C3CCCCC3)o2)cc1. The van der Waals surface area contributed by atoms with Gasteiger partial charge in [0.05, 0.1) is 17.7 Å². The first-order valence-corrected chi connectivity index (χ1v) is 10.7. The van der Waals surface area contributed by atoms with E-state index >= 15 is 0 Å². The molecular weight excluding hydrogens is 372 g/mol. The summed E-state index contributed by atoms with van der Waals surface area (Å²) in [7, 11) is 0. The number of aryl methyl sites for hydroxylation is 1. The van der Waals surface area contributed by atoms with E-state index in [1.807, 2.05) is 38.1 Å². The second kappa shape index (κ2) is 9.74. The molecule has 7 heteroatoms. The lowest BCUT2D eigenvalue weighted by atomic mass is 9.89. The predicted molar refractivity (Wildman–Crippen MR) is 109 cm³/mol. The molecule has 0 saturated heterocycles. The number of nitriles is 1. The highest BCUT2D eigenvalue weighted by Crippen LogP contribution is 2.34. The van der Waals surface area contributed by atoms with E-state index in [4.69, 9.17) is 9.68 Å². The van der Waals surface area contributed by atoms with Crippen LogP contribution in [0, 0.1) is 18.3 Å². The topological polar surface area (TPSA) is 83.0 Å². The van der Waals surface area contributed by atoms with Crippen molar-refractivity contribution in [2.24, 2.45) is 0 Å². The van der Waals surface area contributed by atoms with Crippen molar-refractivity contribution in [2.45, 2.75) is 68.8 Å². The van der Waals surface area contributed by atoms with E-state index in [1.54, 1.807) is 4.90 Å². The summed E-state index contributed by atoms with van der Waals surface area (Å²) in [5.41, 5.74) is 1.92. The van der Waals surface area contributed by atoms with Crippen molar-refractivity contribution < 1.29 is 9.21 Å². The normalized spacial score (nSPS) is 15.8. The van der Waals surface area contributed by atoms with Gasteiger partial charge in [-0.1, -0.05) is 48.7 Å². The number of carbonyl (C=O) groups excluding carboxylic acids is 1. The maximum Gasteiger partial charge on any atom is 0.277 e. The average Bonchev–Trinajstić information content (AvgIpc) is 3.18. The molecule has 0 aliphatic heterocycles. The Morgan fingerprint density at radius 1 is 1.29 bits per heavy atom. The first kappa shape index (κ1) is 20.4. The Bertz CT molecular complexity index is 822. The van der Waals surface area contributed by atoms with Crippen LogP contribution < -0.4 is 4.90 Å². The van der Waals surface area contributed by atoms with Gasteiger partial charge in [0.15, 0.2) is 0 Å². The molecule has 1 aliphatic rings. The molecule has 0 spiro atoms. The number of benzene rings is 1. The van der Waals surface area contributed by atoms with Gasteiger partial charge in [-0.15, -0.1) is 10.2 Å². The summed E-state index contributed by atoms with van der Waals surface area (Å²) in [4.78, 5) is 14.7. The molecule has 0 radical (unpaired) electrons. The van der Waals surface area contributed by atoms with Gasteiger partial charge in [0.1, 0.15) is 0 Å². The fraction of sp³-hybridized carbons (Fsp3) is 0.524. The molecule has 28 heavy (non-hydrogen) atoms. The number of aromatic nitrogens is 2. The highest BCUT2D eigenvalue weighted by molar-refractivity contribution is 8.00. The lowest BCUT2D eigenvalue weighted by molar-refractivity contribution is -0.117. The fourth-order valence-electron chi connectivity index (χ4n) is 3.46. The monoisotopic (exact) mass is 398 g/mol. The van der Waals surface area contributed by atoms with E-state index in [-0.39, 0.29) is 17.6 Å². The Morgan fingerprint density at radius 3 is 2.68 bits per heavy atom. The lowest BCUT2D eigenvalue weighted by Gasteiger charge is -2.24. The Labute approximate surface area is 170 Å². The van der Waals surface area contributed by atoms with Crippen LogP contribution in [0.2, 0.25) is 0 Å². The molecule has 1 atom stereocenters. The second-order valence-corrected chi connectivity index (χ2v) is 8.53. The van der Waals surface area contributed by atoms with Crippen LogP contribution in [0.1, 0.15) is 62.8 Å². The minimum Gasteiger partial charge on any atom is -0.416 e. The number of amides is 1. The zero-order valence-electron chi connectivity index (χ0n) is 16.4. The molecule has 1 aromatic carbocycles. The van der Waals surface area contributed by atoms with Crippen molar-refractivity contribution in [3.05, 3.63) is 35.7 Å². The minimum atomic E-state index is -0.389. The van der Waals surface area contributed by atoms with Crippen LogP contribution in [0.4, 0.5) is 5.69 Å². The van der Waals surface area contributed by atoms with Gasteiger partial charge >= 0.3 is 0 Å². The molecule has 1 aliphatic carbocycles. The standard InChI is InChI=1S/C21H26N4O2S/c1-15-9-11-18(12-10-15)25(14-6-13-22)20(26)16(2)28-21-24-23-19(27-21)17-7-4-3-5-8-17/h9-12,16-17H,3-8,14H2,1-2H3. The molecular formula is C21H26N4O2S. The largest absolute Gasteiger partial charge is 0.416 e. The van der Waals surface area contributed by atoms with Crippen molar-refractivity contribution in [1.82, 2.24) is 10.2 Å². The fourth-order valence-corrected chi connectivity index (χ4v) is 4.21. The third-order valence-corrected chi connectivity index (χ3v) is 5.98. The molecule has 1 heterocycles. The summed E-state index contributed by atoms with van der Waals surface area (Å²) >= 11 is 1.28. The Balaban J connectivity index is 1.68. The van der Waals surface area contributed by atoms with E-state index in [0.717, 1.165) is 24.1 Å². The number of hydrogen-bond donors (Lipinski definition) is 0. The second-order valence-electron chi connectivity index (χ2n) is 7.23. The lowest BCUT2D eigenvalue weighted by Crippen LogP contribution is -2.37. The van der Waals surface area contributed by atoms with Gasteiger partial charge in [-0.05, 0) is 38.8 Å². The maximum atomic E-state index is 13.1. The van der Waals surface area contributed by atoms with Crippen molar-refractivity contribution in [3.63, 3.8) is 0 Å². The number of nitrogens with zero attached hydrogens (tertiary/aromatic N) is 4. The molecule has 1 aromatic heterocycles. The van der Waals surface area contributed by atoms with E-state index in [2.05, 4.69) is 16.3 Å². The van der Waals surface area contributed by atoms with Crippen LogP contribution in [0.5, 0.6) is 0 Å². The van der Waals surface area contributed by atoms with Gasteiger partial charge in [-0.2, -0.15) is 5.26 Å². The Morgan fingerprint density at radius 2 is 2.00 bits per heavy atom. The maximum absolute atomic E-state index is 13.1. The summed E-state index contributed by atoms with van der Waals surface area (Å²) in [6.45, 7) is 4.20. The zero-order chi connectivity index (χ0) is 19.9. The molecule has 6 nitrogen and oxygen atoms in total. The summed E-state index contributed by atoms with van der Waals surface area (Å²) in [5.74, 6) is 0.976.